The van der Waals surface area contributed by atoms with E-state index in [0.717, 1.165) is 31.5 Å². The van der Waals surface area contributed by atoms with Crippen LogP contribution in [0.25, 0.3) is 0 Å². The highest BCUT2D eigenvalue weighted by atomic mass is 16.1. The topological polar surface area (TPSA) is 88.3 Å². The van der Waals surface area contributed by atoms with Crippen molar-refractivity contribution in [3.05, 3.63) is 29.6 Å². The predicted molar refractivity (Wildman–Crippen MR) is 82.6 cm³/mol. The molecule has 2 heterocycles. The molecular weight excluding hydrogens is 280 g/mol. The minimum absolute atomic E-state index is 0.111. The number of likely N-dealkylation sites (tertiary alicyclic amines) is 1. The number of hydrogen-bond donors (Lipinski definition) is 2. The number of pyridine rings is 1. The average Bonchev–Trinajstić information content (AvgIpc) is 2.48. The van der Waals surface area contributed by atoms with E-state index in [2.05, 4.69) is 27.0 Å². The summed E-state index contributed by atoms with van der Waals surface area (Å²) in [5.41, 5.74) is 6.51. The Morgan fingerprint density at radius 3 is 3.09 bits per heavy atom. The van der Waals surface area contributed by atoms with Gasteiger partial charge in [-0.1, -0.05) is 5.92 Å². The zero-order valence-electron chi connectivity index (χ0n) is 12.6. The van der Waals surface area contributed by atoms with Crippen LogP contribution in [0.3, 0.4) is 0 Å². The van der Waals surface area contributed by atoms with Crippen LogP contribution < -0.4 is 11.1 Å². The summed E-state index contributed by atoms with van der Waals surface area (Å²) >= 11 is 0. The van der Waals surface area contributed by atoms with Crippen LogP contribution in [0.5, 0.6) is 0 Å². The molecule has 0 spiro atoms. The van der Waals surface area contributed by atoms with E-state index in [-0.39, 0.29) is 17.6 Å². The van der Waals surface area contributed by atoms with Gasteiger partial charge in [0.2, 0.25) is 0 Å². The molecule has 3 N–H and O–H groups in total. The van der Waals surface area contributed by atoms with E-state index < -0.39 is 5.91 Å². The summed E-state index contributed by atoms with van der Waals surface area (Å²) < 4.78 is 0. The first kappa shape index (κ1) is 16.0. The van der Waals surface area contributed by atoms with Crippen molar-refractivity contribution in [1.82, 2.24) is 15.2 Å². The molecule has 0 aliphatic carbocycles. The van der Waals surface area contributed by atoms with Gasteiger partial charge in [-0.2, -0.15) is 0 Å². The molecule has 1 aromatic heterocycles. The molecule has 116 valence electrons. The highest BCUT2D eigenvalue weighted by Crippen LogP contribution is 2.14. The summed E-state index contributed by atoms with van der Waals surface area (Å²) in [4.78, 5) is 28.9. The number of nitrogens with one attached hydrogen (secondary N) is 1. The summed E-state index contributed by atoms with van der Waals surface area (Å²) in [6.07, 6.45) is 3.56. The molecule has 1 aliphatic heterocycles. The van der Waals surface area contributed by atoms with Crippen molar-refractivity contribution in [3.63, 3.8) is 0 Å². The largest absolute Gasteiger partial charge is 0.364 e. The number of aromatic nitrogens is 1. The number of nitrogens with two attached hydrogens (primary N) is 1. The first-order valence-electron chi connectivity index (χ1n) is 7.29. The molecular formula is C16H20N4O2. The average molecular weight is 300 g/mol. The van der Waals surface area contributed by atoms with Crippen molar-refractivity contribution >= 4 is 11.8 Å². The number of carbonyl (C=O) groups excluding carboxylic acids is 2. The van der Waals surface area contributed by atoms with Gasteiger partial charge in [0.1, 0.15) is 5.69 Å². The molecule has 0 radical (unpaired) electrons. The van der Waals surface area contributed by atoms with E-state index in [4.69, 9.17) is 5.73 Å². The second-order valence-electron chi connectivity index (χ2n) is 5.34. The molecule has 1 aliphatic rings. The molecule has 1 saturated heterocycles. The molecule has 1 aromatic rings. The summed E-state index contributed by atoms with van der Waals surface area (Å²) in [5.74, 6) is 4.35. The van der Waals surface area contributed by atoms with Gasteiger partial charge in [-0.3, -0.25) is 19.5 Å². The van der Waals surface area contributed by atoms with Crippen molar-refractivity contribution in [2.45, 2.75) is 32.4 Å². The number of amides is 2. The van der Waals surface area contributed by atoms with Crippen molar-refractivity contribution in [2.75, 3.05) is 13.1 Å². The van der Waals surface area contributed by atoms with Crippen molar-refractivity contribution in [2.24, 2.45) is 5.73 Å². The fraction of sp³-hybridized carbons (Fsp3) is 0.438. The number of rotatable bonds is 4. The molecule has 6 nitrogen and oxygen atoms in total. The monoisotopic (exact) mass is 300 g/mol. The van der Waals surface area contributed by atoms with Crippen LogP contribution in [0, 0.1) is 11.8 Å². The minimum Gasteiger partial charge on any atom is -0.364 e. The van der Waals surface area contributed by atoms with Gasteiger partial charge in [-0.15, -0.1) is 0 Å². The maximum atomic E-state index is 11.5. The lowest BCUT2D eigenvalue weighted by Gasteiger charge is -2.32. The van der Waals surface area contributed by atoms with Crippen molar-refractivity contribution < 1.29 is 9.59 Å². The summed E-state index contributed by atoms with van der Waals surface area (Å²) in [7, 11) is 0. The molecule has 22 heavy (non-hydrogen) atoms. The van der Waals surface area contributed by atoms with Crippen LogP contribution in [0.2, 0.25) is 0 Å². The molecule has 1 fully saturated rings. The second kappa shape index (κ2) is 7.57. The van der Waals surface area contributed by atoms with E-state index >= 15 is 0 Å². The van der Waals surface area contributed by atoms with Gasteiger partial charge >= 0.3 is 0 Å². The Morgan fingerprint density at radius 1 is 1.55 bits per heavy atom. The molecule has 0 bridgehead atoms. The Labute approximate surface area is 130 Å². The number of nitrogens with zero attached hydrogens (tertiary/aromatic N) is 2. The van der Waals surface area contributed by atoms with Gasteiger partial charge in [0.15, 0.2) is 0 Å². The van der Waals surface area contributed by atoms with Crippen LogP contribution in [-0.2, 0) is 11.3 Å². The normalized spacial score (nSPS) is 18.1. The lowest BCUT2D eigenvalue weighted by atomic mass is 10.0. The number of carbonyl (C=O) groups is 2. The Bertz CT molecular complexity index is 618. The minimum atomic E-state index is -0.524. The molecule has 2 rings (SSSR count). The third-order valence-electron chi connectivity index (χ3n) is 3.56. The van der Waals surface area contributed by atoms with E-state index in [9.17, 15) is 9.59 Å². The van der Waals surface area contributed by atoms with Crippen LogP contribution in [-0.4, -0.2) is 40.8 Å². The van der Waals surface area contributed by atoms with Crippen molar-refractivity contribution in [1.29, 1.82) is 0 Å². The number of piperidine rings is 1. The quantitative estimate of drug-likeness (QED) is 0.782. The van der Waals surface area contributed by atoms with Gasteiger partial charge in [0.05, 0.1) is 0 Å². The smallest absolute Gasteiger partial charge is 0.296 e. The highest BCUT2D eigenvalue weighted by molar-refractivity contribution is 5.93. The second-order valence-corrected chi connectivity index (χ2v) is 5.34. The lowest BCUT2D eigenvalue weighted by molar-refractivity contribution is -0.116. The number of primary amides is 1. The van der Waals surface area contributed by atoms with Gasteiger partial charge in [0.25, 0.3) is 11.8 Å². The summed E-state index contributed by atoms with van der Waals surface area (Å²) in [6, 6.07) is 3.70. The van der Waals surface area contributed by atoms with Gasteiger partial charge < -0.3 is 11.1 Å². The maximum Gasteiger partial charge on any atom is 0.296 e. The van der Waals surface area contributed by atoms with E-state index in [1.165, 1.54) is 0 Å². The standard InChI is InChI=1S/C16H20N4O2/c1-2-4-15(21)19-13-5-3-8-20(11-13)10-12-6-7-18-14(9-12)16(17)22/h6-7,9,13H,3,5,8,10-11H2,1H3,(H2,17,22)(H,19,21)/t13-/m1/s1. The molecule has 2 amide bonds. The summed E-state index contributed by atoms with van der Waals surface area (Å²) in [5, 5.41) is 2.92. The summed E-state index contributed by atoms with van der Waals surface area (Å²) in [6.45, 7) is 4.08. The lowest BCUT2D eigenvalue weighted by Crippen LogP contribution is -2.47. The van der Waals surface area contributed by atoms with E-state index in [0.29, 0.717) is 6.54 Å². The van der Waals surface area contributed by atoms with Crippen LogP contribution in [0.4, 0.5) is 0 Å². The van der Waals surface area contributed by atoms with E-state index in [1.807, 2.05) is 6.07 Å². The Hall–Kier alpha value is -2.39. The Morgan fingerprint density at radius 2 is 2.36 bits per heavy atom. The van der Waals surface area contributed by atoms with Crippen LogP contribution >= 0.6 is 0 Å². The molecule has 1 atom stereocenters. The maximum absolute atomic E-state index is 11.5. The van der Waals surface area contributed by atoms with Gasteiger partial charge in [-0.25, -0.2) is 0 Å². The van der Waals surface area contributed by atoms with Gasteiger partial charge in [-0.05, 0) is 49.9 Å². The number of hydrogen-bond acceptors (Lipinski definition) is 4. The van der Waals surface area contributed by atoms with E-state index in [1.54, 1.807) is 19.2 Å². The fourth-order valence-corrected chi connectivity index (χ4v) is 2.62. The van der Waals surface area contributed by atoms with Crippen LogP contribution in [0.15, 0.2) is 18.3 Å². The first-order chi connectivity index (χ1) is 10.6. The molecule has 0 aromatic carbocycles. The highest BCUT2D eigenvalue weighted by Gasteiger charge is 2.21. The SMILES string of the molecule is CC#CC(=O)N[C@@H]1CCCN(Cc2ccnc(C(N)=O)c2)C1. The first-order valence-corrected chi connectivity index (χ1v) is 7.29. The predicted octanol–water partition coefficient (Wildman–Crippen LogP) is 0.284. The Balaban J connectivity index is 1.95. The zero-order valence-corrected chi connectivity index (χ0v) is 12.6. The third kappa shape index (κ3) is 4.57. The molecule has 0 saturated carbocycles. The molecule has 6 heteroatoms. The Kier molecular flexibility index (Phi) is 5.50. The van der Waals surface area contributed by atoms with Gasteiger partial charge in [0, 0.05) is 25.3 Å². The molecule has 0 unspecified atom stereocenters. The fourth-order valence-electron chi connectivity index (χ4n) is 2.62. The zero-order chi connectivity index (χ0) is 15.9. The van der Waals surface area contributed by atoms with Crippen LogP contribution in [0.1, 0.15) is 35.8 Å². The van der Waals surface area contributed by atoms with Crippen molar-refractivity contribution in [3.8, 4) is 11.8 Å². The third-order valence-corrected chi connectivity index (χ3v) is 3.56.